The average Bonchev–Trinajstić information content (AvgIpc) is 2.39. The number of carbonyl (C=O) groups is 1. The van der Waals surface area contributed by atoms with Gasteiger partial charge in [-0.1, -0.05) is 82.0 Å². The van der Waals surface area contributed by atoms with Gasteiger partial charge in [-0.2, -0.15) is 0 Å². The summed E-state index contributed by atoms with van der Waals surface area (Å²) in [4.78, 5) is 10.2. The Balaban J connectivity index is 3.48. The molecule has 1 unspecified atom stereocenters. The van der Waals surface area contributed by atoms with Crippen LogP contribution in [0.15, 0.2) is 0 Å². The quantitative estimate of drug-likeness (QED) is 0.265. The molecular formula is C15H28Cl2O2. The molecule has 0 aromatic heterocycles. The molecule has 0 fully saturated rings. The van der Waals surface area contributed by atoms with Crippen LogP contribution in [-0.2, 0) is 9.53 Å². The minimum absolute atomic E-state index is 0.0346. The predicted octanol–water partition coefficient (Wildman–Crippen LogP) is 5.64. The van der Waals surface area contributed by atoms with E-state index in [1.165, 1.54) is 44.9 Å². The van der Waals surface area contributed by atoms with Gasteiger partial charge < -0.3 is 4.74 Å². The molecule has 0 saturated heterocycles. The first-order chi connectivity index (χ1) is 9.11. The molecule has 0 aliphatic rings. The van der Waals surface area contributed by atoms with Crippen molar-refractivity contribution >= 4 is 29.2 Å². The van der Waals surface area contributed by atoms with E-state index >= 15 is 0 Å². The van der Waals surface area contributed by atoms with Crippen LogP contribution in [0.2, 0.25) is 0 Å². The van der Waals surface area contributed by atoms with Crippen molar-refractivity contribution in [1.29, 1.82) is 0 Å². The molecule has 0 spiro atoms. The van der Waals surface area contributed by atoms with Gasteiger partial charge in [-0.3, -0.25) is 0 Å². The van der Waals surface area contributed by atoms with Crippen molar-refractivity contribution in [3.05, 3.63) is 0 Å². The highest BCUT2D eigenvalue weighted by molar-refractivity contribution is 6.52. The summed E-state index contributed by atoms with van der Waals surface area (Å²) in [6.45, 7) is 4.25. The van der Waals surface area contributed by atoms with Gasteiger partial charge in [0, 0.05) is 0 Å². The number of ether oxygens (including phenoxy) is 1. The Morgan fingerprint density at radius 1 is 0.947 bits per heavy atom. The van der Waals surface area contributed by atoms with E-state index in [0.717, 1.165) is 19.3 Å². The Morgan fingerprint density at radius 2 is 1.47 bits per heavy atom. The second-order valence-corrected chi connectivity index (χ2v) is 6.13. The summed E-state index contributed by atoms with van der Waals surface area (Å²) >= 11 is 10.9. The van der Waals surface area contributed by atoms with Crippen LogP contribution in [0.1, 0.15) is 78.1 Å². The molecule has 0 aromatic rings. The monoisotopic (exact) mass is 310 g/mol. The number of alkyl halides is 2. The second-order valence-electron chi connectivity index (χ2n) is 5.03. The average molecular weight is 311 g/mol. The third-order valence-corrected chi connectivity index (χ3v) is 3.65. The molecule has 19 heavy (non-hydrogen) atoms. The maximum atomic E-state index is 11.3. The lowest BCUT2D eigenvalue weighted by atomic mass is 10.0. The predicted molar refractivity (Wildman–Crippen MR) is 82.9 cm³/mol. The minimum atomic E-state index is -1.06. The molecule has 4 heteroatoms. The smallest absolute Gasteiger partial charge is 0.339 e. The maximum absolute atomic E-state index is 11.3. The molecule has 0 aliphatic carbocycles. The fraction of sp³-hybridized carbons (Fsp3) is 0.933. The van der Waals surface area contributed by atoms with Gasteiger partial charge in [0.05, 0.1) is 0 Å². The maximum Gasteiger partial charge on any atom is 0.339 e. The van der Waals surface area contributed by atoms with Crippen molar-refractivity contribution in [2.75, 3.05) is 0 Å². The van der Waals surface area contributed by atoms with Gasteiger partial charge in [0.15, 0.2) is 0 Å². The van der Waals surface area contributed by atoms with E-state index in [1.54, 1.807) is 0 Å². The third-order valence-electron chi connectivity index (χ3n) is 3.30. The Kier molecular flexibility index (Phi) is 13.1. The van der Waals surface area contributed by atoms with Gasteiger partial charge >= 0.3 is 5.97 Å². The van der Waals surface area contributed by atoms with Crippen LogP contribution in [0.5, 0.6) is 0 Å². The zero-order chi connectivity index (χ0) is 14.5. The molecule has 114 valence electrons. The summed E-state index contributed by atoms with van der Waals surface area (Å²) < 4.78 is 5.22. The summed E-state index contributed by atoms with van der Waals surface area (Å²) in [5.74, 6) is -0.519. The van der Waals surface area contributed by atoms with E-state index in [0.29, 0.717) is 0 Å². The van der Waals surface area contributed by atoms with E-state index in [9.17, 15) is 4.79 Å². The Labute approximate surface area is 128 Å². The Hall–Kier alpha value is 0.0500. The van der Waals surface area contributed by atoms with Gasteiger partial charge in [0.1, 0.15) is 6.10 Å². The molecule has 0 radical (unpaired) electrons. The molecule has 2 nitrogen and oxygen atoms in total. The largest absolute Gasteiger partial charge is 0.460 e. The number of rotatable bonds is 12. The van der Waals surface area contributed by atoms with Crippen LogP contribution in [-0.4, -0.2) is 16.9 Å². The lowest BCUT2D eigenvalue weighted by molar-refractivity contribution is -0.147. The van der Waals surface area contributed by atoms with E-state index in [4.69, 9.17) is 27.9 Å². The molecule has 0 heterocycles. The van der Waals surface area contributed by atoms with Gasteiger partial charge in [-0.25, -0.2) is 4.79 Å². The standard InChI is InChI=1S/C15H28Cl2O2/c1-3-5-6-7-8-9-10-11-12-13(4-2)19-15(18)14(16)17/h13-14H,3-12H2,1-2H3. The van der Waals surface area contributed by atoms with Crippen LogP contribution >= 0.6 is 23.2 Å². The topological polar surface area (TPSA) is 26.3 Å². The zero-order valence-corrected chi connectivity index (χ0v) is 13.8. The fourth-order valence-corrected chi connectivity index (χ4v) is 2.17. The molecule has 0 saturated carbocycles. The van der Waals surface area contributed by atoms with Crippen molar-refractivity contribution in [2.24, 2.45) is 0 Å². The van der Waals surface area contributed by atoms with E-state index in [1.807, 2.05) is 6.92 Å². The molecule has 0 aromatic carbocycles. The van der Waals surface area contributed by atoms with Gasteiger partial charge in [-0.05, 0) is 19.3 Å². The minimum Gasteiger partial charge on any atom is -0.460 e. The van der Waals surface area contributed by atoms with E-state index in [2.05, 4.69) is 6.92 Å². The summed E-state index contributed by atoms with van der Waals surface area (Å²) in [7, 11) is 0. The van der Waals surface area contributed by atoms with Crippen molar-refractivity contribution in [3.63, 3.8) is 0 Å². The Morgan fingerprint density at radius 3 is 1.95 bits per heavy atom. The van der Waals surface area contributed by atoms with Crippen LogP contribution in [0.25, 0.3) is 0 Å². The van der Waals surface area contributed by atoms with Gasteiger partial charge in [0.2, 0.25) is 4.84 Å². The SMILES string of the molecule is CCCCCCCCCCC(CC)OC(=O)C(Cl)Cl. The lowest BCUT2D eigenvalue weighted by Crippen LogP contribution is -2.21. The second kappa shape index (κ2) is 13.1. The highest BCUT2D eigenvalue weighted by atomic mass is 35.5. The first-order valence-corrected chi connectivity index (χ1v) is 8.47. The molecule has 0 amide bonds. The molecule has 0 aliphatic heterocycles. The number of carbonyl (C=O) groups excluding carboxylic acids is 1. The first-order valence-electron chi connectivity index (χ1n) is 7.60. The van der Waals surface area contributed by atoms with Crippen LogP contribution in [0.3, 0.4) is 0 Å². The highest BCUT2D eigenvalue weighted by Crippen LogP contribution is 2.15. The van der Waals surface area contributed by atoms with Crippen molar-refractivity contribution in [2.45, 2.75) is 89.0 Å². The van der Waals surface area contributed by atoms with Crippen LogP contribution in [0, 0.1) is 0 Å². The first kappa shape index (κ1) is 19.1. The normalized spacial score (nSPS) is 12.7. The fourth-order valence-electron chi connectivity index (χ4n) is 2.07. The van der Waals surface area contributed by atoms with Crippen molar-refractivity contribution in [3.8, 4) is 0 Å². The molecule has 0 bridgehead atoms. The van der Waals surface area contributed by atoms with Crippen LogP contribution in [0.4, 0.5) is 0 Å². The number of hydrogen-bond acceptors (Lipinski definition) is 2. The highest BCUT2D eigenvalue weighted by Gasteiger charge is 2.17. The lowest BCUT2D eigenvalue weighted by Gasteiger charge is -2.16. The summed E-state index contributed by atoms with van der Waals surface area (Å²) in [5.41, 5.74) is 0. The van der Waals surface area contributed by atoms with Crippen LogP contribution < -0.4 is 0 Å². The number of hydrogen-bond donors (Lipinski definition) is 0. The zero-order valence-electron chi connectivity index (χ0n) is 12.3. The number of esters is 1. The van der Waals surface area contributed by atoms with E-state index < -0.39 is 10.8 Å². The van der Waals surface area contributed by atoms with Gasteiger partial charge in [-0.15, -0.1) is 0 Å². The third kappa shape index (κ3) is 11.6. The summed E-state index contributed by atoms with van der Waals surface area (Å²) in [6, 6.07) is 0. The number of halogens is 2. The molecular weight excluding hydrogens is 283 g/mol. The van der Waals surface area contributed by atoms with Gasteiger partial charge in [0.25, 0.3) is 0 Å². The Bertz CT molecular complexity index is 220. The number of unbranched alkanes of at least 4 members (excludes halogenated alkanes) is 7. The molecule has 0 N–H and O–H groups in total. The van der Waals surface area contributed by atoms with Crippen molar-refractivity contribution < 1.29 is 9.53 Å². The summed E-state index contributed by atoms with van der Waals surface area (Å²) in [5, 5.41) is 0. The molecule has 1 atom stereocenters. The summed E-state index contributed by atoms with van der Waals surface area (Å²) in [6.07, 6.45) is 12.0. The van der Waals surface area contributed by atoms with E-state index in [-0.39, 0.29) is 6.10 Å². The van der Waals surface area contributed by atoms with Crippen molar-refractivity contribution in [1.82, 2.24) is 0 Å². The molecule has 0 rings (SSSR count).